The van der Waals surface area contributed by atoms with E-state index in [2.05, 4.69) is 22.3 Å². The number of aromatic nitrogens is 4. The Labute approximate surface area is 151 Å². The van der Waals surface area contributed by atoms with E-state index in [9.17, 15) is 9.18 Å². The summed E-state index contributed by atoms with van der Waals surface area (Å²) in [7, 11) is 1.86. The second-order valence-electron chi connectivity index (χ2n) is 6.22. The van der Waals surface area contributed by atoms with Crippen LogP contribution in [0.25, 0.3) is 0 Å². The minimum atomic E-state index is -0.489. The van der Waals surface area contributed by atoms with Crippen LogP contribution in [-0.2, 0) is 13.6 Å². The second kappa shape index (κ2) is 7.51. The average Bonchev–Trinajstić information content (AvgIpc) is 3.20. The zero-order valence-corrected chi connectivity index (χ0v) is 15.1. The Hall–Kier alpha value is -2.96. The zero-order chi connectivity index (χ0) is 18.7. The fourth-order valence-corrected chi connectivity index (χ4v) is 2.92. The number of imidazole rings is 1. The molecule has 0 radical (unpaired) electrons. The van der Waals surface area contributed by atoms with Crippen LogP contribution in [0.3, 0.4) is 0 Å². The normalized spacial score (nSPS) is 12.2. The van der Waals surface area contributed by atoms with Gasteiger partial charge in [0.05, 0.1) is 11.8 Å². The number of aryl methyl sites for hydroxylation is 2. The number of rotatable bonds is 6. The van der Waals surface area contributed by atoms with Crippen molar-refractivity contribution in [1.29, 1.82) is 0 Å². The van der Waals surface area contributed by atoms with E-state index in [0.29, 0.717) is 11.4 Å². The first-order valence-corrected chi connectivity index (χ1v) is 8.57. The minimum absolute atomic E-state index is 0.234. The number of nitrogens with zero attached hydrogens (tertiary/aromatic N) is 4. The van der Waals surface area contributed by atoms with Crippen LogP contribution < -0.4 is 5.32 Å². The van der Waals surface area contributed by atoms with Crippen molar-refractivity contribution >= 4 is 5.91 Å². The van der Waals surface area contributed by atoms with E-state index in [-0.39, 0.29) is 11.7 Å². The van der Waals surface area contributed by atoms with Gasteiger partial charge in [-0.15, -0.1) is 0 Å². The number of benzene rings is 1. The lowest BCUT2D eigenvalue weighted by Crippen LogP contribution is -2.31. The van der Waals surface area contributed by atoms with Crippen LogP contribution >= 0.6 is 0 Å². The Balaban J connectivity index is 1.92. The molecule has 1 unspecified atom stereocenters. The van der Waals surface area contributed by atoms with Crippen molar-refractivity contribution in [3.63, 3.8) is 0 Å². The molecule has 6 nitrogen and oxygen atoms in total. The molecule has 26 heavy (non-hydrogen) atoms. The van der Waals surface area contributed by atoms with Crippen LogP contribution in [0, 0.1) is 12.7 Å². The quantitative estimate of drug-likeness (QED) is 0.739. The Bertz CT molecular complexity index is 897. The molecule has 0 aliphatic carbocycles. The van der Waals surface area contributed by atoms with E-state index in [1.54, 1.807) is 24.5 Å². The largest absolute Gasteiger partial charge is 0.338 e. The fourth-order valence-electron chi connectivity index (χ4n) is 2.92. The van der Waals surface area contributed by atoms with Crippen molar-refractivity contribution in [1.82, 2.24) is 24.6 Å². The van der Waals surface area contributed by atoms with Crippen molar-refractivity contribution in [3.05, 3.63) is 71.3 Å². The van der Waals surface area contributed by atoms with E-state index in [1.165, 1.54) is 12.1 Å². The van der Waals surface area contributed by atoms with Crippen molar-refractivity contribution in [2.24, 2.45) is 7.05 Å². The molecule has 0 aliphatic rings. The van der Waals surface area contributed by atoms with Gasteiger partial charge in [-0.05, 0) is 31.0 Å². The zero-order valence-electron chi connectivity index (χ0n) is 15.1. The van der Waals surface area contributed by atoms with Gasteiger partial charge in [0, 0.05) is 31.7 Å². The molecule has 3 aromatic rings. The smallest absolute Gasteiger partial charge is 0.255 e. The van der Waals surface area contributed by atoms with Crippen molar-refractivity contribution < 1.29 is 9.18 Å². The van der Waals surface area contributed by atoms with Crippen molar-refractivity contribution in [3.8, 4) is 0 Å². The molecule has 2 heterocycles. The van der Waals surface area contributed by atoms with Crippen LogP contribution in [0.15, 0.2) is 42.9 Å². The van der Waals surface area contributed by atoms with Gasteiger partial charge < -0.3 is 9.88 Å². The Morgan fingerprint density at radius 3 is 2.65 bits per heavy atom. The highest BCUT2D eigenvalue weighted by atomic mass is 19.1. The summed E-state index contributed by atoms with van der Waals surface area (Å²) < 4.78 is 17.0. The molecule has 2 aromatic heterocycles. The van der Waals surface area contributed by atoms with E-state index in [0.717, 1.165) is 24.2 Å². The number of hydrogen-bond donors (Lipinski definition) is 1. The molecule has 0 saturated carbocycles. The van der Waals surface area contributed by atoms with Gasteiger partial charge in [0.25, 0.3) is 5.91 Å². The summed E-state index contributed by atoms with van der Waals surface area (Å²) in [5.74, 6) is 0.112. The van der Waals surface area contributed by atoms with E-state index >= 15 is 0 Å². The van der Waals surface area contributed by atoms with Crippen molar-refractivity contribution in [2.75, 3.05) is 0 Å². The maximum atomic E-state index is 13.3. The second-order valence-corrected chi connectivity index (χ2v) is 6.22. The summed E-state index contributed by atoms with van der Waals surface area (Å²) in [5.41, 5.74) is 2.11. The SMILES string of the molecule is CCCn1ncc(C(=O)NC(c2ccc(F)cc2)c2nccn2C)c1C. The summed E-state index contributed by atoms with van der Waals surface area (Å²) >= 11 is 0. The molecular weight excluding hydrogens is 333 g/mol. The van der Waals surface area contributed by atoms with Gasteiger partial charge in [-0.1, -0.05) is 19.1 Å². The molecule has 136 valence electrons. The molecule has 0 spiro atoms. The Morgan fingerprint density at radius 1 is 1.31 bits per heavy atom. The molecule has 7 heteroatoms. The molecule has 1 N–H and O–H groups in total. The molecule has 1 aromatic carbocycles. The Kier molecular flexibility index (Phi) is 5.16. The number of carbonyl (C=O) groups is 1. The first-order valence-electron chi connectivity index (χ1n) is 8.57. The van der Waals surface area contributed by atoms with E-state index in [4.69, 9.17) is 0 Å². The highest BCUT2D eigenvalue weighted by molar-refractivity contribution is 5.95. The maximum absolute atomic E-state index is 13.3. The van der Waals surface area contributed by atoms with E-state index < -0.39 is 6.04 Å². The third kappa shape index (κ3) is 3.51. The predicted octanol–water partition coefficient (Wildman–Crippen LogP) is 2.99. The van der Waals surface area contributed by atoms with Gasteiger partial charge in [-0.2, -0.15) is 5.10 Å². The average molecular weight is 355 g/mol. The third-order valence-electron chi connectivity index (χ3n) is 4.38. The summed E-state index contributed by atoms with van der Waals surface area (Å²) in [6.45, 7) is 4.71. The van der Waals surface area contributed by atoms with E-state index in [1.807, 2.05) is 29.4 Å². The fraction of sp³-hybridized carbons (Fsp3) is 0.316. The van der Waals surface area contributed by atoms with Gasteiger partial charge in [-0.3, -0.25) is 9.48 Å². The lowest BCUT2D eigenvalue weighted by molar-refractivity contribution is 0.0940. The number of hydrogen-bond acceptors (Lipinski definition) is 3. The molecule has 0 fully saturated rings. The highest BCUT2D eigenvalue weighted by Crippen LogP contribution is 2.22. The highest BCUT2D eigenvalue weighted by Gasteiger charge is 2.23. The number of halogens is 1. The molecular formula is C19H22FN5O. The number of nitrogens with one attached hydrogen (secondary N) is 1. The third-order valence-corrected chi connectivity index (χ3v) is 4.38. The maximum Gasteiger partial charge on any atom is 0.255 e. The van der Waals surface area contributed by atoms with Crippen LogP contribution in [0.1, 0.15) is 46.8 Å². The molecule has 0 aliphatic heterocycles. The van der Waals surface area contributed by atoms with Gasteiger partial charge >= 0.3 is 0 Å². The summed E-state index contributed by atoms with van der Waals surface area (Å²) in [6.07, 6.45) is 6.00. The molecule has 3 rings (SSSR count). The topological polar surface area (TPSA) is 64.7 Å². The summed E-state index contributed by atoms with van der Waals surface area (Å²) in [6, 6.07) is 5.58. The van der Waals surface area contributed by atoms with Crippen LogP contribution in [-0.4, -0.2) is 25.2 Å². The number of carbonyl (C=O) groups excluding carboxylic acids is 1. The van der Waals surface area contributed by atoms with Crippen molar-refractivity contribution in [2.45, 2.75) is 32.9 Å². The first-order chi connectivity index (χ1) is 12.5. The van der Waals surface area contributed by atoms with Crippen LogP contribution in [0.5, 0.6) is 0 Å². The lowest BCUT2D eigenvalue weighted by Gasteiger charge is -2.19. The Morgan fingerprint density at radius 2 is 2.04 bits per heavy atom. The first kappa shape index (κ1) is 17.8. The standard InChI is InChI=1S/C19H22FN5O/c1-4-10-25-13(2)16(12-22-25)19(26)23-17(18-21-9-11-24(18)3)14-5-7-15(20)8-6-14/h5-9,11-12,17H,4,10H2,1-3H3,(H,23,26). The lowest BCUT2D eigenvalue weighted by atomic mass is 10.1. The minimum Gasteiger partial charge on any atom is -0.338 e. The van der Waals surface area contributed by atoms with Gasteiger partial charge in [-0.25, -0.2) is 9.37 Å². The summed E-state index contributed by atoms with van der Waals surface area (Å²) in [5, 5.41) is 7.29. The molecule has 1 atom stereocenters. The molecule has 1 amide bonds. The van der Waals surface area contributed by atoms with Crippen LogP contribution in [0.4, 0.5) is 4.39 Å². The predicted molar refractivity (Wildman–Crippen MR) is 96.2 cm³/mol. The van der Waals surface area contributed by atoms with Crippen LogP contribution in [0.2, 0.25) is 0 Å². The van der Waals surface area contributed by atoms with Gasteiger partial charge in [0.15, 0.2) is 0 Å². The summed E-state index contributed by atoms with van der Waals surface area (Å²) in [4.78, 5) is 17.2. The molecule has 0 saturated heterocycles. The monoisotopic (exact) mass is 355 g/mol. The molecule has 0 bridgehead atoms. The van der Waals surface area contributed by atoms with Gasteiger partial charge in [0.2, 0.25) is 0 Å². The number of amides is 1. The van der Waals surface area contributed by atoms with Gasteiger partial charge in [0.1, 0.15) is 17.7 Å².